The van der Waals surface area contributed by atoms with Crippen LogP contribution in [0, 0.1) is 0 Å². The highest BCUT2D eigenvalue weighted by Crippen LogP contribution is 2.16. The quantitative estimate of drug-likeness (QED) is 0.803. The number of carbonyl (C=O) groups is 1. The smallest absolute Gasteiger partial charge is 0.255 e. The molecule has 0 radical (unpaired) electrons. The second kappa shape index (κ2) is 5.67. The van der Waals surface area contributed by atoms with Crippen molar-refractivity contribution in [3.63, 3.8) is 0 Å². The molecular formula is C10H14ClN3O2. The number of nitrogen functional groups attached to an aromatic ring is 1. The van der Waals surface area contributed by atoms with Crippen molar-refractivity contribution in [2.24, 2.45) is 0 Å². The topological polar surface area (TPSA) is 68.5 Å². The third kappa shape index (κ3) is 3.08. The highest BCUT2D eigenvalue weighted by atomic mass is 35.5. The number of aromatic nitrogens is 1. The van der Waals surface area contributed by atoms with Crippen molar-refractivity contribution in [3.8, 4) is 0 Å². The standard InChI is InChI=1S/C10H14ClN3O2/c1-14(3-4-16-2)10(15)7-5-9(11)13-6-8(7)12/h5-6H,3-4,12H2,1-2H3. The van der Waals surface area contributed by atoms with Crippen LogP contribution in [0.5, 0.6) is 0 Å². The number of rotatable bonds is 4. The summed E-state index contributed by atoms with van der Waals surface area (Å²) < 4.78 is 4.89. The van der Waals surface area contributed by atoms with Gasteiger partial charge in [0, 0.05) is 20.7 Å². The molecule has 0 spiro atoms. The SMILES string of the molecule is COCCN(C)C(=O)c1cc(Cl)ncc1N. The average molecular weight is 244 g/mol. The predicted molar refractivity (Wildman–Crippen MR) is 62.5 cm³/mol. The number of halogens is 1. The van der Waals surface area contributed by atoms with Gasteiger partial charge in [-0.1, -0.05) is 11.6 Å². The Labute approximate surface area is 99.2 Å². The van der Waals surface area contributed by atoms with E-state index in [4.69, 9.17) is 22.1 Å². The molecule has 0 aliphatic carbocycles. The summed E-state index contributed by atoms with van der Waals surface area (Å²) in [6.45, 7) is 0.968. The van der Waals surface area contributed by atoms with Gasteiger partial charge in [-0.15, -0.1) is 0 Å². The Kier molecular flexibility index (Phi) is 4.52. The fraction of sp³-hybridized carbons (Fsp3) is 0.400. The highest BCUT2D eigenvalue weighted by molar-refractivity contribution is 6.29. The lowest BCUT2D eigenvalue weighted by atomic mass is 10.2. The number of nitrogens with two attached hydrogens (primary N) is 1. The number of amides is 1. The molecule has 0 unspecified atom stereocenters. The van der Waals surface area contributed by atoms with Crippen LogP contribution in [0.4, 0.5) is 5.69 Å². The molecule has 0 atom stereocenters. The summed E-state index contributed by atoms with van der Waals surface area (Å²) in [6, 6.07) is 1.46. The van der Waals surface area contributed by atoms with Gasteiger partial charge in [0.15, 0.2) is 0 Å². The molecule has 1 aromatic rings. The van der Waals surface area contributed by atoms with Gasteiger partial charge in [-0.05, 0) is 6.07 Å². The van der Waals surface area contributed by atoms with Gasteiger partial charge in [0.1, 0.15) is 5.15 Å². The molecule has 0 saturated heterocycles. The number of hydrogen-bond acceptors (Lipinski definition) is 4. The predicted octanol–water partition coefficient (Wildman–Crippen LogP) is 1.04. The van der Waals surface area contributed by atoms with Crippen molar-refractivity contribution >= 4 is 23.2 Å². The summed E-state index contributed by atoms with van der Waals surface area (Å²) in [7, 11) is 3.26. The molecule has 0 aliphatic rings. The minimum Gasteiger partial charge on any atom is -0.397 e. The van der Waals surface area contributed by atoms with Gasteiger partial charge in [0.2, 0.25) is 0 Å². The molecule has 2 N–H and O–H groups in total. The van der Waals surface area contributed by atoms with E-state index < -0.39 is 0 Å². The van der Waals surface area contributed by atoms with E-state index in [9.17, 15) is 4.79 Å². The minimum atomic E-state index is -0.196. The molecule has 6 heteroatoms. The van der Waals surface area contributed by atoms with Crippen molar-refractivity contribution < 1.29 is 9.53 Å². The number of carbonyl (C=O) groups excluding carboxylic acids is 1. The molecule has 1 rings (SSSR count). The van der Waals surface area contributed by atoms with E-state index in [1.165, 1.54) is 17.2 Å². The molecule has 0 bridgehead atoms. The number of nitrogens with zero attached hydrogens (tertiary/aromatic N) is 2. The first kappa shape index (κ1) is 12.7. The van der Waals surface area contributed by atoms with Gasteiger partial charge in [-0.2, -0.15) is 0 Å². The van der Waals surface area contributed by atoms with Crippen LogP contribution < -0.4 is 5.73 Å². The zero-order valence-electron chi connectivity index (χ0n) is 9.24. The van der Waals surface area contributed by atoms with Crippen LogP contribution in [-0.2, 0) is 4.74 Å². The van der Waals surface area contributed by atoms with Gasteiger partial charge < -0.3 is 15.4 Å². The van der Waals surface area contributed by atoms with E-state index in [0.29, 0.717) is 24.4 Å². The van der Waals surface area contributed by atoms with Crippen molar-refractivity contribution in [3.05, 3.63) is 23.0 Å². The Hall–Kier alpha value is -1.33. The summed E-state index contributed by atoms with van der Waals surface area (Å²) in [5, 5.41) is 0.248. The third-order valence-corrected chi connectivity index (χ3v) is 2.32. The van der Waals surface area contributed by atoms with Gasteiger partial charge in [0.25, 0.3) is 5.91 Å². The summed E-state index contributed by atoms with van der Waals surface area (Å²) >= 11 is 5.71. The second-order valence-corrected chi connectivity index (χ2v) is 3.70. The number of likely N-dealkylation sites (N-methyl/N-ethyl adjacent to an activating group) is 1. The van der Waals surface area contributed by atoms with Gasteiger partial charge in [-0.3, -0.25) is 4.79 Å². The maximum absolute atomic E-state index is 11.9. The maximum atomic E-state index is 11.9. The number of pyridine rings is 1. The second-order valence-electron chi connectivity index (χ2n) is 3.31. The lowest BCUT2D eigenvalue weighted by Crippen LogP contribution is -2.30. The molecule has 0 aromatic carbocycles. The molecule has 1 aromatic heterocycles. The molecule has 1 amide bonds. The van der Waals surface area contributed by atoms with Gasteiger partial charge in [-0.25, -0.2) is 4.98 Å². The fourth-order valence-corrected chi connectivity index (χ4v) is 1.32. The Bertz CT molecular complexity index is 384. The summed E-state index contributed by atoms with van der Waals surface area (Å²) in [5.74, 6) is -0.196. The summed E-state index contributed by atoms with van der Waals surface area (Å²) in [4.78, 5) is 17.2. The molecule has 0 fully saturated rings. The molecular weight excluding hydrogens is 230 g/mol. The Morgan fingerprint density at radius 2 is 2.38 bits per heavy atom. The zero-order chi connectivity index (χ0) is 12.1. The van der Waals surface area contributed by atoms with Crippen LogP contribution in [-0.4, -0.2) is 43.1 Å². The average Bonchev–Trinajstić information content (AvgIpc) is 2.28. The van der Waals surface area contributed by atoms with Crippen LogP contribution in [0.25, 0.3) is 0 Å². The zero-order valence-corrected chi connectivity index (χ0v) is 9.99. The summed E-state index contributed by atoms with van der Waals surface area (Å²) in [6.07, 6.45) is 1.37. The normalized spacial score (nSPS) is 10.2. The Morgan fingerprint density at radius 1 is 1.69 bits per heavy atom. The van der Waals surface area contributed by atoms with E-state index in [2.05, 4.69) is 4.98 Å². The van der Waals surface area contributed by atoms with Crippen LogP contribution in [0.3, 0.4) is 0 Å². The molecule has 1 heterocycles. The van der Waals surface area contributed by atoms with Crippen molar-refractivity contribution in [1.82, 2.24) is 9.88 Å². The van der Waals surface area contributed by atoms with E-state index in [0.717, 1.165) is 0 Å². The first-order valence-corrected chi connectivity index (χ1v) is 5.09. The molecule has 88 valence electrons. The lowest BCUT2D eigenvalue weighted by molar-refractivity contribution is 0.0745. The summed E-state index contributed by atoms with van der Waals surface area (Å²) in [5.41, 5.74) is 6.33. The maximum Gasteiger partial charge on any atom is 0.255 e. The van der Waals surface area contributed by atoms with E-state index in [1.54, 1.807) is 14.2 Å². The van der Waals surface area contributed by atoms with E-state index in [1.807, 2.05) is 0 Å². The van der Waals surface area contributed by atoms with E-state index in [-0.39, 0.29) is 11.1 Å². The molecule has 0 saturated carbocycles. The number of anilines is 1. The first-order chi connectivity index (χ1) is 7.56. The van der Waals surface area contributed by atoms with Crippen LogP contribution in [0.15, 0.2) is 12.3 Å². The van der Waals surface area contributed by atoms with Gasteiger partial charge in [0.05, 0.1) is 24.1 Å². The third-order valence-electron chi connectivity index (χ3n) is 2.11. The Balaban J connectivity index is 2.83. The lowest BCUT2D eigenvalue weighted by Gasteiger charge is -2.17. The number of methoxy groups -OCH3 is 1. The largest absolute Gasteiger partial charge is 0.397 e. The minimum absolute atomic E-state index is 0.196. The Morgan fingerprint density at radius 3 is 3.00 bits per heavy atom. The van der Waals surface area contributed by atoms with Crippen molar-refractivity contribution in [2.75, 3.05) is 33.0 Å². The molecule has 5 nitrogen and oxygen atoms in total. The van der Waals surface area contributed by atoms with Crippen molar-refractivity contribution in [1.29, 1.82) is 0 Å². The molecule has 0 aliphatic heterocycles. The highest BCUT2D eigenvalue weighted by Gasteiger charge is 2.15. The van der Waals surface area contributed by atoms with E-state index >= 15 is 0 Å². The van der Waals surface area contributed by atoms with Crippen LogP contribution in [0.2, 0.25) is 5.15 Å². The fourth-order valence-electron chi connectivity index (χ4n) is 1.16. The monoisotopic (exact) mass is 243 g/mol. The van der Waals surface area contributed by atoms with Crippen molar-refractivity contribution in [2.45, 2.75) is 0 Å². The first-order valence-electron chi connectivity index (χ1n) is 4.71. The van der Waals surface area contributed by atoms with Crippen LogP contribution >= 0.6 is 11.6 Å². The van der Waals surface area contributed by atoms with Crippen LogP contribution in [0.1, 0.15) is 10.4 Å². The number of ether oxygens (including phenoxy) is 1. The van der Waals surface area contributed by atoms with Gasteiger partial charge >= 0.3 is 0 Å². The molecule has 16 heavy (non-hydrogen) atoms. The number of hydrogen-bond donors (Lipinski definition) is 1.